The minimum atomic E-state index is -3.64. The molecular weight excluding hydrogens is 360 g/mol. The van der Waals surface area contributed by atoms with Crippen molar-refractivity contribution in [3.8, 4) is 0 Å². The molecule has 27 heavy (non-hydrogen) atoms. The standard InChI is InChI=1S/C21H26N2O3S/c1-3-6-17-8-11-19(12-9-17)27(25,26)22-18-10-13-20(16(2)15-18)23-14-5-4-7-21(23)24/h8-13,15,22H,3-7,14H2,1-2H3. The molecule has 0 atom stereocenters. The summed E-state index contributed by atoms with van der Waals surface area (Å²) in [5, 5.41) is 0. The van der Waals surface area contributed by atoms with Crippen LogP contribution in [0.2, 0.25) is 0 Å². The fourth-order valence-corrected chi connectivity index (χ4v) is 4.47. The lowest BCUT2D eigenvalue weighted by Gasteiger charge is -2.28. The van der Waals surface area contributed by atoms with Crippen LogP contribution in [0.1, 0.15) is 43.7 Å². The quantitative estimate of drug-likeness (QED) is 0.806. The highest BCUT2D eigenvalue weighted by Crippen LogP contribution is 2.28. The molecule has 1 aliphatic rings. The van der Waals surface area contributed by atoms with Crippen molar-refractivity contribution in [1.82, 2.24) is 0 Å². The number of rotatable bonds is 6. The molecule has 1 saturated heterocycles. The van der Waals surface area contributed by atoms with Crippen LogP contribution in [0.4, 0.5) is 11.4 Å². The first-order valence-electron chi connectivity index (χ1n) is 9.43. The summed E-state index contributed by atoms with van der Waals surface area (Å²) in [5.74, 6) is 0.129. The zero-order valence-electron chi connectivity index (χ0n) is 15.9. The van der Waals surface area contributed by atoms with Crippen LogP contribution in [0.5, 0.6) is 0 Å². The van der Waals surface area contributed by atoms with Crippen LogP contribution in [0.15, 0.2) is 47.4 Å². The van der Waals surface area contributed by atoms with Gasteiger partial charge in [0.1, 0.15) is 0 Å². The van der Waals surface area contributed by atoms with Crippen LogP contribution in [-0.4, -0.2) is 20.9 Å². The molecule has 0 aliphatic carbocycles. The number of benzene rings is 2. The minimum Gasteiger partial charge on any atom is -0.312 e. The van der Waals surface area contributed by atoms with E-state index in [1.54, 1.807) is 29.2 Å². The van der Waals surface area contributed by atoms with Gasteiger partial charge in [-0.25, -0.2) is 8.42 Å². The third kappa shape index (κ3) is 4.50. The Balaban J connectivity index is 1.78. The van der Waals surface area contributed by atoms with E-state index < -0.39 is 10.0 Å². The highest BCUT2D eigenvalue weighted by Gasteiger charge is 2.21. The van der Waals surface area contributed by atoms with Crippen molar-refractivity contribution in [2.24, 2.45) is 0 Å². The van der Waals surface area contributed by atoms with E-state index in [1.807, 2.05) is 25.1 Å². The predicted molar refractivity (Wildman–Crippen MR) is 109 cm³/mol. The van der Waals surface area contributed by atoms with Gasteiger partial charge in [0.05, 0.1) is 4.90 Å². The number of anilines is 2. The van der Waals surface area contributed by atoms with Crippen molar-refractivity contribution >= 4 is 27.3 Å². The fourth-order valence-electron chi connectivity index (χ4n) is 3.42. The fraction of sp³-hybridized carbons (Fsp3) is 0.381. The molecule has 1 amide bonds. The molecular formula is C21H26N2O3S. The summed E-state index contributed by atoms with van der Waals surface area (Å²) in [7, 11) is -3.64. The molecule has 1 aliphatic heterocycles. The summed E-state index contributed by atoms with van der Waals surface area (Å²) in [6, 6.07) is 12.3. The summed E-state index contributed by atoms with van der Waals surface area (Å²) in [6.07, 6.45) is 4.46. The van der Waals surface area contributed by atoms with Gasteiger partial charge in [-0.1, -0.05) is 25.5 Å². The number of carbonyl (C=O) groups is 1. The molecule has 1 fully saturated rings. The Hall–Kier alpha value is -2.34. The average Bonchev–Trinajstić information content (AvgIpc) is 2.63. The topological polar surface area (TPSA) is 66.5 Å². The molecule has 5 nitrogen and oxygen atoms in total. The Morgan fingerprint density at radius 3 is 2.44 bits per heavy atom. The Morgan fingerprint density at radius 2 is 1.81 bits per heavy atom. The number of aryl methyl sites for hydroxylation is 2. The van der Waals surface area contributed by atoms with Crippen molar-refractivity contribution in [2.75, 3.05) is 16.2 Å². The number of hydrogen-bond acceptors (Lipinski definition) is 3. The van der Waals surface area contributed by atoms with E-state index in [1.165, 1.54) is 0 Å². The summed E-state index contributed by atoms with van der Waals surface area (Å²) >= 11 is 0. The van der Waals surface area contributed by atoms with Gasteiger partial charge < -0.3 is 4.90 Å². The second-order valence-corrected chi connectivity index (χ2v) is 8.69. The molecule has 0 unspecified atom stereocenters. The first-order valence-corrected chi connectivity index (χ1v) is 10.9. The van der Waals surface area contributed by atoms with E-state index in [-0.39, 0.29) is 10.8 Å². The maximum Gasteiger partial charge on any atom is 0.261 e. The minimum absolute atomic E-state index is 0.129. The first kappa shape index (κ1) is 19.4. The van der Waals surface area contributed by atoms with Crippen molar-refractivity contribution in [3.63, 3.8) is 0 Å². The maximum absolute atomic E-state index is 12.6. The SMILES string of the molecule is CCCc1ccc(S(=O)(=O)Nc2ccc(N3CCCCC3=O)c(C)c2)cc1. The normalized spacial score (nSPS) is 15.0. The monoisotopic (exact) mass is 386 g/mol. The van der Waals surface area contributed by atoms with Crippen LogP contribution in [0.25, 0.3) is 0 Å². The van der Waals surface area contributed by atoms with Gasteiger partial charge in [0.25, 0.3) is 10.0 Å². The Morgan fingerprint density at radius 1 is 1.07 bits per heavy atom. The second-order valence-electron chi connectivity index (χ2n) is 7.00. The number of amides is 1. The van der Waals surface area contributed by atoms with Gasteiger partial charge in [-0.3, -0.25) is 9.52 Å². The highest BCUT2D eigenvalue weighted by atomic mass is 32.2. The third-order valence-corrected chi connectivity index (χ3v) is 6.23. The average molecular weight is 387 g/mol. The highest BCUT2D eigenvalue weighted by molar-refractivity contribution is 7.92. The van der Waals surface area contributed by atoms with Crippen molar-refractivity contribution in [3.05, 3.63) is 53.6 Å². The van der Waals surface area contributed by atoms with Gasteiger partial charge >= 0.3 is 0 Å². The van der Waals surface area contributed by atoms with E-state index in [0.29, 0.717) is 12.1 Å². The molecule has 1 N–H and O–H groups in total. The lowest BCUT2D eigenvalue weighted by Crippen LogP contribution is -2.35. The van der Waals surface area contributed by atoms with Crippen LogP contribution in [-0.2, 0) is 21.2 Å². The Bertz CT molecular complexity index is 921. The molecule has 0 radical (unpaired) electrons. The van der Waals surface area contributed by atoms with Gasteiger partial charge in [0.15, 0.2) is 0 Å². The van der Waals surface area contributed by atoms with Gasteiger partial charge in [0.2, 0.25) is 5.91 Å². The number of carbonyl (C=O) groups excluding carboxylic acids is 1. The Labute approximate surface area is 161 Å². The lowest BCUT2D eigenvalue weighted by atomic mass is 10.1. The number of nitrogens with one attached hydrogen (secondary N) is 1. The molecule has 2 aromatic carbocycles. The zero-order chi connectivity index (χ0) is 19.4. The summed E-state index contributed by atoms with van der Waals surface area (Å²) in [5.41, 5.74) is 3.36. The van der Waals surface area contributed by atoms with E-state index in [9.17, 15) is 13.2 Å². The molecule has 0 spiro atoms. The van der Waals surface area contributed by atoms with Gasteiger partial charge in [0, 0.05) is 24.3 Å². The van der Waals surface area contributed by atoms with Crippen molar-refractivity contribution in [1.29, 1.82) is 0 Å². The molecule has 3 rings (SSSR count). The van der Waals surface area contributed by atoms with Crippen LogP contribution in [0, 0.1) is 6.92 Å². The smallest absolute Gasteiger partial charge is 0.261 e. The van der Waals surface area contributed by atoms with Crippen LogP contribution >= 0.6 is 0 Å². The van der Waals surface area contributed by atoms with Crippen molar-refractivity contribution in [2.45, 2.75) is 50.8 Å². The number of piperidine rings is 1. The van der Waals surface area contributed by atoms with Gasteiger partial charge in [-0.2, -0.15) is 0 Å². The molecule has 2 aromatic rings. The van der Waals surface area contributed by atoms with Crippen molar-refractivity contribution < 1.29 is 13.2 Å². The lowest BCUT2D eigenvalue weighted by molar-refractivity contribution is -0.119. The summed E-state index contributed by atoms with van der Waals surface area (Å²) in [6.45, 7) is 4.71. The van der Waals surface area contributed by atoms with E-state index >= 15 is 0 Å². The summed E-state index contributed by atoms with van der Waals surface area (Å²) < 4.78 is 27.9. The molecule has 144 valence electrons. The van der Waals surface area contributed by atoms with Crippen LogP contribution < -0.4 is 9.62 Å². The molecule has 6 heteroatoms. The van der Waals surface area contributed by atoms with Crippen LogP contribution in [0.3, 0.4) is 0 Å². The molecule has 0 bridgehead atoms. The molecule has 0 aromatic heterocycles. The van der Waals surface area contributed by atoms with E-state index in [0.717, 1.165) is 49.0 Å². The predicted octanol–water partition coefficient (Wildman–Crippen LogP) is 4.27. The molecule has 1 heterocycles. The van der Waals surface area contributed by atoms with Gasteiger partial charge in [-0.05, 0) is 67.6 Å². The van der Waals surface area contributed by atoms with E-state index in [4.69, 9.17) is 0 Å². The second kappa shape index (κ2) is 8.13. The Kier molecular flexibility index (Phi) is 5.85. The zero-order valence-corrected chi connectivity index (χ0v) is 16.7. The molecule has 0 saturated carbocycles. The van der Waals surface area contributed by atoms with Gasteiger partial charge in [-0.15, -0.1) is 0 Å². The summed E-state index contributed by atoms with van der Waals surface area (Å²) in [4.78, 5) is 14.2. The third-order valence-electron chi connectivity index (χ3n) is 4.84. The van der Waals surface area contributed by atoms with E-state index in [2.05, 4.69) is 11.6 Å². The number of hydrogen-bond donors (Lipinski definition) is 1. The maximum atomic E-state index is 12.6. The number of nitrogens with zero attached hydrogens (tertiary/aromatic N) is 1. The first-order chi connectivity index (χ1) is 12.9. The number of sulfonamides is 1. The largest absolute Gasteiger partial charge is 0.312 e.